The maximum absolute atomic E-state index is 6.06. The van der Waals surface area contributed by atoms with Crippen molar-refractivity contribution in [1.29, 1.82) is 0 Å². The number of rotatable bonds is 6. The SMILES string of the molecule is CC(C)CN(CC(C)C)c1nc(Cl)nc(-n2ccnc2)n1. The number of hydrogen-bond donors (Lipinski definition) is 0. The molecule has 2 aromatic heterocycles. The van der Waals surface area contributed by atoms with Gasteiger partial charge in [0.25, 0.3) is 0 Å². The van der Waals surface area contributed by atoms with Crippen LogP contribution in [0.3, 0.4) is 0 Å². The maximum Gasteiger partial charge on any atom is 0.241 e. The Kier molecular flexibility index (Phi) is 5.12. The Balaban J connectivity index is 2.35. The molecule has 0 spiro atoms. The van der Waals surface area contributed by atoms with Crippen molar-refractivity contribution in [3.05, 3.63) is 24.0 Å². The van der Waals surface area contributed by atoms with Gasteiger partial charge in [-0.2, -0.15) is 15.0 Å². The lowest BCUT2D eigenvalue weighted by Gasteiger charge is -2.26. The zero-order chi connectivity index (χ0) is 15.4. The van der Waals surface area contributed by atoms with Crippen LogP contribution in [0.5, 0.6) is 0 Å². The number of imidazole rings is 1. The summed E-state index contributed by atoms with van der Waals surface area (Å²) >= 11 is 6.06. The van der Waals surface area contributed by atoms with E-state index in [-0.39, 0.29) is 5.28 Å². The number of hydrogen-bond acceptors (Lipinski definition) is 5. The molecule has 6 nitrogen and oxygen atoms in total. The first-order valence-electron chi connectivity index (χ1n) is 7.10. The predicted molar refractivity (Wildman–Crippen MR) is 83.8 cm³/mol. The Morgan fingerprint density at radius 1 is 1.10 bits per heavy atom. The molecule has 0 bridgehead atoms. The summed E-state index contributed by atoms with van der Waals surface area (Å²) in [7, 11) is 0. The molecule has 0 aliphatic carbocycles. The third-order valence-electron chi connectivity index (χ3n) is 2.77. The van der Waals surface area contributed by atoms with E-state index in [4.69, 9.17) is 11.6 Å². The molecule has 0 unspecified atom stereocenters. The van der Waals surface area contributed by atoms with Crippen LogP contribution in [0.4, 0.5) is 5.95 Å². The monoisotopic (exact) mass is 308 g/mol. The van der Waals surface area contributed by atoms with Gasteiger partial charge in [-0.05, 0) is 23.4 Å². The average Bonchev–Trinajstić information content (AvgIpc) is 2.90. The lowest BCUT2D eigenvalue weighted by atomic mass is 10.1. The van der Waals surface area contributed by atoms with Crippen LogP contribution in [0.25, 0.3) is 5.95 Å². The summed E-state index contributed by atoms with van der Waals surface area (Å²) in [5.41, 5.74) is 0. The lowest BCUT2D eigenvalue weighted by molar-refractivity contribution is 0.543. The molecular formula is C14H21ClN6. The molecule has 0 aliphatic rings. The molecule has 0 saturated carbocycles. The zero-order valence-corrected chi connectivity index (χ0v) is 13.6. The summed E-state index contributed by atoms with van der Waals surface area (Å²) in [6.07, 6.45) is 5.10. The van der Waals surface area contributed by atoms with Crippen molar-refractivity contribution in [3.63, 3.8) is 0 Å². The second-order valence-corrected chi connectivity index (χ2v) is 6.21. The molecule has 114 valence electrons. The van der Waals surface area contributed by atoms with Crippen molar-refractivity contribution in [1.82, 2.24) is 24.5 Å². The average molecular weight is 309 g/mol. The molecule has 2 rings (SSSR count). The minimum absolute atomic E-state index is 0.196. The van der Waals surface area contributed by atoms with E-state index in [1.54, 1.807) is 23.3 Å². The summed E-state index contributed by atoms with van der Waals surface area (Å²) in [5.74, 6) is 2.12. The molecule has 0 N–H and O–H groups in total. The van der Waals surface area contributed by atoms with Gasteiger partial charge in [-0.25, -0.2) is 4.98 Å². The Hall–Kier alpha value is -1.69. The summed E-state index contributed by atoms with van der Waals surface area (Å²) in [6, 6.07) is 0. The molecule has 0 fully saturated rings. The fourth-order valence-corrected chi connectivity index (χ4v) is 2.23. The van der Waals surface area contributed by atoms with Crippen LogP contribution in [-0.2, 0) is 0 Å². The van der Waals surface area contributed by atoms with Gasteiger partial charge in [0.1, 0.15) is 6.33 Å². The van der Waals surface area contributed by atoms with Crippen LogP contribution in [-0.4, -0.2) is 37.6 Å². The number of nitrogens with zero attached hydrogens (tertiary/aromatic N) is 6. The highest BCUT2D eigenvalue weighted by Gasteiger charge is 2.16. The Bertz CT molecular complexity index is 557. The Morgan fingerprint density at radius 2 is 1.76 bits per heavy atom. The van der Waals surface area contributed by atoms with E-state index in [0.717, 1.165) is 13.1 Å². The minimum Gasteiger partial charge on any atom is -0.340 e. The third kappa shape index (κ3) is 4.39. The fraction of sp³-hybridized carbons (Fsp3) is 0.571. The first-order chi connectivity index (χ1) is 9.95. The molecule has 0 amide bonds. The van der Waals surface area contributed by atoms with Crippen molar-refractivity contribution < 1.29 is 0 Å². The number of anilines is 1. The Morgan fingerprint density at radius 3 is 2.29 bits per heavy atom. The summed E-state index contributed by atoms with van der Waals surface area (Å²) in [6.45, 7) is 10.4. The van der Waals surface area contributed by atoms with Crippen molar-refractivity contribution in [2.75, 3.05) is 18.0 Å². The van der Waals surface area contributed by atoms with E-state index >= 15 is 0 Å². The van der Waals surface area contributed by atoms with Crippen molar-refractivity contribution in [2.45, 2.75) is 27.7 Å². The van der Waals surface area contributed by atoms with Gasteiger partial charge in [0.2, 0.25) is 17.2 Å². The minimum atomic E-state index is 0.196. The topological polar surface area (TPSA) is 59.7 Å². The molecule has 0 aliphatic heterocycles. The summed E-state index contributed by atoms with van der Waals surface area (Å²) in [5, 5.41) is 0.196. The van der Waals surface area contributed by atoms with Gasteiger partial charge >= 0.3 is 0 Å². The van der Waals surface area contributed by atoms with E-state index in [0.29, 0.717) is 23.7 Å². The molecule has 0 saturated heterocycles. The van der Waals surface area contributed by atoms with E-state index in [2.05, 4.69) is 52.5 Å². The Labute approximate surface area is 130 Å². The lowest BCUT2D eigenvalue weighted by Crippen LogP contribution is -2.33. The normalized spacial score (nSPS) is 11.4. The second-order valence-electron chi connectivity index (χ2n) is 5.87. The van der Waals surface area contributed by atoms with Crippen LogP contribution >= 0.6 is 11.6 Å². The first kappa shape index (κ1) is 15.7. The zero-order valence-electron chi connectivity index (χ0n) is 12.9. The van der Waals surface area contributed by atoms with E-state index < -0.39 is 0 Å². The van der Waals surface area contributed by atoms with Crippen molar-refractivity contribution >= 4 is 17.5 Å². The molecule has 0 atom stereocenters. The van der Waals surface area contributed by atoms with Gasteiger partial charge < -0.3 is 4.90 Å². The highest BCUT2D eigenvalue weighted by Crippen LogP contribution is 2.16. The quantitative estimate of drug-likeness (QED) is 0.821. The van der Waals surface area contributed by atoms with Crippen LogP contribution < -0.4 is 4.90 Å². The van der Waals surface area contributed by atoms with Gasteiger partial charge in [-0.1, -0.05) is 27.7 Å². The van der Waals surface area contributed by atoms with E-state index in [1.807, 2.05) is 0 Å². The molecule has 21 heavy (non-hydrogen) atoms. The van der Waals surface area contributed by atoms with Crippen LogP contribution in [0.1, 0.15) is 27.7 Å². The van der Waals surface area contributed by atoms with E-state index in [1.165, 1.54) is 0 Å². The van der Waals surface area contributed by atoms with Crippen LogP contribution in [0.15, 0.2) is 18.7 Å². The van der Waals surface area contributed by atoms with Gasteiger partial charge in [-0.3, -0.25) is 4.57 Å². The van der Waals surface area contributed by atoms with Gasteiger partial charge in [0.15, 0.2) is 0 Å². The van der Waals surface area contributed by atoms with Gasteiger partial charge in [-0.15, -0.1) is 0 Å². The van der Waals surface area contributed by atoms with Crippen LogP contribution in [0, 0.1) is 11.8 Å². The van der Waals surface area contributed by atoms with Gasteiger partial charge in [0, 0.05) is 25.5 Å². The molecule has 0 aromatic carbocycles. The standard InChI is InChI=1S/C14H21ClN6/c1-10(2)7-21(8-11(3)4)14-18-12(15)17-13(19-14)20-6-5-16-9-20/h5-6,9-11H,7-8H2,1-4H3. The second kappa shape index (κ2) is 6.85. The third-order valence-corrected chi connectivity index (χ3v) is 2.94. The summed E-state index contributed by atoms with van der Waals surface area (Å²) < 4.78 is 1.72. The smallest absolute Gasteiger partial charge is 0.241 e. The van der Waals surface area contributed by atoms with Crippen molar-refractivity contribution in [2.24, 2.45) is 11.8 Å². The van der Waals surface area contributed by atoms with E-state index in [9.17, 15) is 0 Å². The highest BCUT2D eigenvalue weighted by atomic mass is 35.5. The molecule has 0 radical (unpaired) electrons. The fourth-order valence-electron chi connectivity index (χ4n) is 2.08. The van der Waals surface area contributed by atoms with Crippen LogP contribution in [0.2, 0.25) is 5.28 Å². The van der Waals surface area contributed by atoms with Crippen molar-refractivity contribution in [3.8, 4) is 5.95 Å². The molecule has 2 aromatic rings. The molecule has 2 heterocycles. The predicted octanol–water partition coefficient (Wildman–Crippen LogP) is 2.83. The summed E-state index contributed by atoms with van der Waals surface area (Å²) in [4.78, 5) is 19.1. The van der Waals surface area contributed by atoms with Gasteiger partial charge in [0.05, 0.1) is 0 Å². The maximum atomic E-state index is 6.06. The molecule has 7 heteroatoms. The molecular weight excluding hydrogens is 288 g/mol. The number of halogens is 1. The largest absolute Gasteiger partial charge is 0.340 e. The number of aromatic nitrogens is 5. The first-order valence-corrected chi connectivity index (χ1v) is 7.48. The highest BCUT2D eigenvalue weighted by molar-refractivity contribution is 6.28.